The Morgan fingerprint density at radius 3 is 2.44 bits per heavy atom. The van der Waals surface area contributed by atoms with Crippen LogP contribution in [0.5, 0.6) is 0 Å². The minimum Gasteiger partial charge on any atom is -0.381 e. The fourth-order valence-corrected chi connectivity index (χ4v) is 4.21. The molecular weight excluding hydrogens is 480 g/mol. The molecule has 0 bridgehead atoms. The van der Waals surface area contributed by atoms with E-state index in [1.807, 2.05) is 63.8 Å². The molecule has 5 nitrogen and oxygen atoms in total. The van der Waals surface area contributed by atoms with E-state index in [9.17, 15) is 4.79 Å². The number of hydrogen-bond donors (Lipinski definition) is 1. The largest absolute Gasteiger partial charge is 0.381 e. The molecule has 5 heteroatoms. The van der Waals surface area contributed by atoms with E-state index in [1.54, 1.807) is 18.4 Å². The number of amides is 1. The zero-order valence-corrected chi connectivity index (χ0v) is 25.7. The number of rotatable bonds is 12. The summed E-state index contributed by atoms with van der Waals surface area (Å²) in [6.07, 6.45) is 22.4. The Morgan fingerprint density at radius 1 is 1.18 bits per heavy atom. The molecule has 1 atom stereocenters. The highest BCUT2D eigenvalue weighted by molar-refractivity contribution is 5.93. The molecule has 1 unspecified atom stereocenters. The molecule has 0 radical (unpaired) electrons. The second-order valence-electron chi connectivity index (χ2n) is 9.02. The first-order valence-corrected chi connectivity index (χ1v) is 14.6. The van der Waals surface area contributed by atoms with Crippen molar-refractivity contribution in [2.75, 3.05) is 26.2 Å². The number of nitrogens with one attached hydrogen (secondary N) is 1. The first-order valence-electron chi connectivity index (χ1n) is 14.6. The van der Waals surface area contributed by atoms with E-state index < -0.39 is 0 Å². The average Bonchev–Trinajstić information content (AvgIpc) is 2.96. The van der Waals surface area contributed by atoms with Crippen molar-refractivity contribution in [2.24, 2.45) is 10.9 Å². The number of nitrogens with zero attached hydrogens (tertiary/aromatic N) is 3. The summed E-state index contributed by atoms with van der Waals surface area (Å²) in [6.45, 7) is 28.7. The van der Waals surface area contributed by atoms with Gasteiger partial charge in [-0.15, -0.1) is 6.58 Å². The summed E-state index contributed by atoms with van der Waals surface area (Å²) in [5.41, 5.74) is 3.90. The lowest BCUT2D eigenvalue weighted by Gasteiger charge is -2.36. The number of likely N-dealkylation sites (N-methyl/N-ethyl adjacent to an activating group) is 1. The summed E-state index contributed by atoms with van der Waals surface area (Å²) in [6, 6.07) is 0.345. The van der Waals surface area contributed by atoms with Crippen LogP contribution >= 0.6 is 0 Å². The summed E-state index contributed by atoms with van der Waals surface area (Å²) in [5, 5.41) is 3.79. The fourth-order valence-electron chi connectivity index (χ4n) is 4.21. The zero-order valence-electron chi connectivity index (χ0n) is 25.7. The molecule has 0 saturated carbocycles. The van der Waals surface area contributed by atoms with Gasteiger partial charge in [0.15, 0.2) is 0 Å². The predicted octanol–water partition coefficient (Wildman–Crippen LogP) is 7.76. The van der Waals surface area contributed by atoms with Crippen LogP contribution in [0.1, 0.15) is 67.7 Å². The third-order valence-corrected chi connectivity index (χ3v) is 6.08. The molecule has 39 heavy (non-hydrogen) atoms. The van der Waals surface area contributed by atoms with Gasteiger partial charge < -0.3 is 15.1 Å². The maximum absolute atomic E-state index is 13.0. The molecule has 1 fully saturated rings. The average molecular weight is 535 g/mol. The lowest BCUT2D eigenvalue weighted by atomic mass is 9.96. The van der Waals surface area contributed by atoms with Crippen LogP contribution < -0.4 is 5.32 Å². The van der Waals surface area contributed by atoms with Crippen molar-refractivity contribution in [3.05, 3.63) is 97.1 Å². The lowest BCUT2D eigenvalue weighted by Crippen LogP contribution is -2.45. The molecule has 1 heterocycles. The van der Waals surface area contributed by atoms with Crippen LogP contribution in [0.15, 0.2) is 102 Å². The number of allylic oxidation sites excluding steroid dienone is 8. The second-order valence-corrected chi connectivity index (χ2v) is 9.02. The predicted molar refractivity (Wildman–Crippen MR) is 173 cm³/mol. The number of aliphatic imine (C=N–C) groups is 1. The Balaban J connectivity index is 0.00000344. The van der Waals surface area contributed by atoms with E-state index in [0.29, 0.717) is 24.1 Å². The van der Waals surface area contributed by atoms with E-state index in [4.69, 9.17) is 0 Å². The van der Waals surface area contributed by atoms with E-state index >= 15 is 0 Å². The van der Waals surface area contributed by atoms with E-state index in [0.717, 1.165) is 44.5 Å². The maximum atomic E-state index is 13.0. The summed E-state index contributed by atoms with van der Waals surface area (Å²) in [7, 11) is 0. The highest BCUT2D eigenvalue weighted by atomic mass is 16.2. The zero-order chi connectivity index (χ0) is 29.6. The number of likely N-dealkylation sites (tertiary alicyclic amines) is 1. The monoisotopic (exact) mass is 534 g/mol. The topological polar surface area (TPSA) is 47.9 Å². The minimum absolute atomic E-state index is 0.0798. The molecule has 0 aromatic heterocycles. The Bertz CT molecular complexity index is 940. The number of carbonyl (C=O) groups excluding carboxylic acids is 1. The molecule has 2 rings (SSSR count). The fraction of sp³-hybridized carbons (Fsp3) is 0.471. The molecule has 0 spiro atoms. The van der Waals surface area contributed by atoms with Crippen molar-refractivity contribution in [2.45, 2.75) is 73.8 Å². The Morgan fingerprint density at radius 2 is 1.85 bits per heavy atom. The Labute approximate surface area is 239 Å². The molecule has 1 amide bonds. The second kappa shape index (κ2) is 21.6. The molecule has 216 valence electrons. The van der Waals surface area contributed by atoms with Crippen LogP contribution in [-0.2, 0) is 4.79 Å². The van der Waals surface area contributed by atoms with Gasteiger partial charge in [-0.05, 0) is 62.8 Å². The smallest absolute Gasteiger partial charge is 0.249 e. The van der Waals surface area contributed by atoms with Gasteiger partial charge in [0.2, 0.25) is 5.91 Å². The van der Waals surface area contributed by atoms with E-state index in [2.05, 4.69) is 67.1 Å². The Kier molecular flexibility index (Phi) is 19.7. The highest BCUT2D eigenvalue weighted by Gasteiger charge is 2.26. The van der Waals surface area contributed by atoms with Crippen LogP contribution in [0.3, 0.4) is 0 Å². The molecule has 0 aromatic carbocycles. The first kappa shape index (κ1) is 35.7. The van der Waals surface area contributed by atoms with Crippen molar-refractivity contribution in [1.29, 1.82) is 0 Å². The Hall–Kier alpha value is -3.34. The van der Waals surface area contributed by atoms with Gasteiger partial charge in [0, 0.05) is 43.7 Å². The van der Waals surface area contributed by atoms with Crippen molar-refractivity contribution in [1.82, 2.24) is 15.1 Å². The first-order chi connectivity index (χ1) is 18.9. The summed E-state index contributed by atoms with van der Waals surface area (Å²) in [4.78, 5) is 21.3. The van der Waals surface area contributed by atoms with Gasteiger partial charge in [-0.2, -0.15) is 0 Å². The van der Waals surface area contributed by atoms with Gasteiger partial charge in [0.25, 0.3) is 0 Å². The van der Waals surface area contributed by atoms with Crippen LogP contribution in [0.4, 0.5) is 0 Å². The van der Waals surface area contributed by atoms with Crippen molar-refractivity contribution in [3.8, 4) is 0 Å². The summed E-state index contributed by atoms with van der Waals surface area (Å²) < 4.78 is 0. The normalized spacial score (nSPS) is 18.0. The quantitative estimate of drug-likeness (QED) is 0.120. The summed E-state index contributed by atoms with van der Waals surface area (Å²) >= 11 is 0. The minimum atomic E-state index is 0.0798. The van der Waals surface area contributed by atoms with E-state index in [1.165, 1.54) is 11.4 Å². The van der Waals surface area contributed by atoms with Crippen molar-refractivity contribution < 1.29 is 4.79 Å². The number of piperidine rings is 1. The maximum Gasteiger partial charge on any atom is 0.249 e. The highest BCUT2D eigenvalue weighted by Crippen LogP contribution is 2.26. The number of hydrogen-bond acceptors (Lipinski definition) is 4. The van der Waals surface area contributed by atoms with Gasteiger partial charge in [-0.25, -0.2) is 0 Å². The van der Waals surface area contributed by atoms with Crippen LogP contribution in [0.2, 0.25) is 0 Å². The SMILES string of the molecule is C=C/C=C\N(CC)C1=CCC(C)C=C1NC1CCN(C(=O)/C(C)=C/C(=C)/C=C\C=NCC=C)CC1.CC.CC. The molecule has 1 aliphatic heterocycles. The van der Waals surface area contributed by atoms with Crippen LogP contribution in [-0.4, -0.2) is 54.1 Å². The van der Waals surface area contributed by atoms with Crippen molar-refractivity contribution in [3.63, 3.8) is 0 Å². The standard InChI is InChI=1S/C30H42N4O.2C2H6/c1-7-10-19-33(9-3)29-14-13-25(5)23-28(29)32-27-15-20-34(21-16-27)30(35)26(6)22-24(4)12-11-18-31-17-8-2;2*1-2/h7-8,10-12,14,18-19,22-23,25,27,32H,1-2,4,9,13,15-17,20-21H2,3,5-6H3;2*1-2H3/b12-11-,19-10-,26-22+,31-18?;;. The molecule has 1 N–H and O–H groups in total. The lowest BCUT2D eigenvalue weighted by molar-refractivity contribution is -0.128. The third-order valence-electron chi connectivity index (χ3n) is 6.08. The van der Waals surface area contributed by atoms with Gasteiger partial charge in [-0.1, -0.05) is 78.2 Å². The van der Waals surface area contributed by atoms with Gasteiger partial charge >= 0.3 is 0 Å². The third kappa shape index (κ3) is 13.3. The molecule has 1 aliphatic carbocycles. The molecule has 0 aromatic rings. The van der Waals surface area contributed by atoms with Gasteiger partial charge in [0.1, 0.15) is 0 Å². The van der Waals surface area contributed by atoms with Crippen LogP contribution in [0, 0.1) is 5.92 Å². The van der Waals surface area contributed by atoms with Gasteiger partial charge in [-0.3, -0.25) is 9.79 Å². The molecule has 2 aliphatic rings. The van der Waals surface area contributed by atoms with Crippen LogP contribution in [0.25, 0.3) is 0 Å². The van der Waals surface area contributed by atoms with Crippen molar-refractivity contribution >= 4 is 12.1 Å². The molecular formula is C34H54N4O. The van der Waals surface area contributed by atoms with Gasteiger partial charge in [0.05, 0.1) is 17.9 Å². The summed E-state index contributed by atoms with van der Waals surface area (Å²) in [5.74, 6) is 0.587. The number of carbonyl (C=O) groups is 1. The van der Waals surface area contributed by atoms with E-state index in [-0.39, 0.29) is 5.91 Å². The molecule has 1 saturated heterocycles.